The zero-order chi connectivity index (χ0) is 24.8. The van der Waals surface area contributed by atoms with E-state index in [1.807, 2.05) is 30.0 Å². The number of thiazole rings is 1. The lowest BCUT2D eigenvalue weighted by Gasteiger charge is -2.31. The summed E-state index contributed by atoms with van der Waals surface area (Å²) in [5.41, 5.74) is 2.79. The molecule has 2 heterocycles. The monoisotopic (exact) mass is 493 g/mol. The van der Waals surface area contributed by atoms with E-state index in [2.05, 4.69) is 29.4 Å². The van der Waals surface area contributed by atoms with Crippen molar-refractivity contribution in [3.63, 3.8) is 0 Å². The first kappa shape index (κ1) is 25.0. The molecule has 0 spiro atoms. The molecule has 2 aromatic carbocycles. The first-order valence-corrected chi connectivity index (χ1v) is 13.1. The van der Waals surface area contributed by atoms with Crippen molar-refractivity contribution in [2.24, 2.45) is 5.92 Å². The summed E-state index contributed by atoms with van der Waals surface area (Å²) in [6, 6.07) is 16.6. The number of carbonyl (C=O) groups is 2. The normalized spacial score (nSPS) is 15.1. The van der Waals surface area contributed by atoms with E-state index in [0.717, 1.165) is 36.3 Å². The Kier molecular flexibility index (Phi) is 8.29. The molecule has 1 aliphatic heterocycles. The van der Waals surface area contributed by atoms with E-state index in [1.165, 1.54) is 29.0 Å². The lowest BCUT2D eigenvalue weighted by atomic mass is 9.93. The van der Waals surface area contributed by atoms with Gasteiger partial charge in [0.2, 0.25) is 5.91 Å². The SMILES string of the molecule is Cc1nc(-c2ccc(F)cc2)sc1C(=O)N1CCC(CC(=O)N[C@@H](C)CCc2ccccc2)CC1. The Labute approximate surface area is 210 Å². The van der Waals surface area contributed by atoms with Crippen LogP contribution in [-0.4, -0.2) is 40.8 Å². The molecule has 0 unspecified atom stereocenters. The third kappa shape index (κ3) is 6.75. The van der Waals surface area contributed by atoms with Gasteiger partial charge < -0.3 is 10.2 Å². The average Bonchev–Trinajstić information content (AvgIpc) is 3.25. The molecule has 0 saturated carbocycles. The van der Waals surface area contributed by atoms with E-state index in [1.54, 1.807) is 12.1 Å². The molecular weight excluding hydrogens is 461 g/mol. The minimum Gasteiger partial charge on any atom is -0.354 e. The number of hydrogen-bond acceptors (Lipinski definition) is 4. The largest absolute Gasteiger partial charge is 0.354 e. The molecule has 4 rings (SSSR count). The van der Waals surface area contributed by atoms with Crippen LogP contribution in [0, 0.1) is 18.7 Å². The van der Waals surface area contributed by atoms with Gasteiger partial charge in [0.25, 0.3) is 5.91 Å². The lowest BCUT2D eigenvalue weighted by Crippen LogP contribution is -2.40. The minimum atomic E-state index is -0.295. The number of halogens is 1. The summed E-state index contributed by atoms with van der Waals surface area (Å²) in [7, 11) is 0. The van der Waals surface area contributed by atoms with Crippen LogP contribution < -0.4 is 5.32 Å². The highest BCUT2D eigenvalue weighted by molar-refractivity contribution is 7.17. The molecule has 0 radical (unpaired) electrons. The van der Waals surface area contributed by atoms with Gasteiger partial charge in [-0.15, -0.1) is 11.3 Å². The summed E-state index contributed by atoms with van der Waals surface area (Å²) >= 11 is 1.35. The van der Waals surface area contributed by atoms with Crippen molar-refractivity contribution in [2.75, 3.05) is 13.1 Å². The van der Waals surface area contributed by atoms with Crippen molar-refractivity contribution < 1.29 is 14.0 Å². The van der Waals surface area contributed by atoms with Crippen molar-refractivity contribution in [3.8, 4) is 10.6 Å². The number of amides is 2. The van der Waals surface area contributed by atoms with Crippen LogP contribution in [0.2, 0.25) is 0 Å². The Bertz CT molecular complexity index is 1140. The van der Waals surface area contributed by atoms with E-state index >= 15 is 0 Å². The number of nitrogens with one attached hydrogen (secondary N) is 1. The maximum Gasteiger partial charge on any atom is 0.265 e. The van der Waals surface area contributed by atoms with Gasteiger partial charge in [0.05, 0.1) is 5.69 Å². The molecule has 0 bridgehead atoms. The number of nitrogens with zero attached hydrogens (tertiary/aromatic N) is 2. The smallest absolute Gasteiger partial charge is 0.265 e. The second kappa shape index (κ2) is 11.6. The summed E-state index contributed by atoms with van der Waals surface area (Å²) in [5, 5.41) is 3.86. The van der Waals surface area contributed by atoms with Crippen molar-refractivity contribution in [1.29, 1.82) is 0 Å². The summed E-state index contributed by atoms with van der Waals surface area (Å²) < 4.78 is 13.2. The van der Waals surface area contributed by atoms with Gasteiger partial charge in [-0.05, 0) is 75.3 Å². The van der Waals surface area contributed by atoms with Crippen LogP contribution in [0.25, 0.3) is 10.6 Å². The van der Waals surface area contributed by atoms with Crippen molar-refractivity contribution in [2.45, 2.75) is 52.0 Å². The highest BCUT2D eigenvalue weighted by atomic mass is 32.1. The number of hydrogen-bond donors (Lipinski definition) is 1. The van der Waals surface area contributed by atoms with Crippen molar-refractivity contribution >= 4 is 23.2 Å². The second-order valence-corrected chi connectivity index (χ2v) is 10.4. The van der Waals surface area contributed by atoms with Crippen LogP contribution in [0.3, 0.4) is 0 Å². The molecule has 1 saturated heterocycles. The minimum absolute atomic E-state index is 0.00852. The van der Waals surface area contributed by atoms with E-state index in [-0.39, 0.29) is 29.6 Å². The maximum atomic E-state index is 13.2. The van der Waals surface area contributed by atoms with E-state index < -0.39 is 0 Å². The third-order valence-corrected chi connectivity index (χ3v) is 7.77. The standard InChI is InChI=1S/C28H32FN3O2S/c1-19(8-9-21-6-4-3-5-7-21)30-25(33)18-22-14-16-32(17-15-22)28(34)26-20(2)31-27(35-26)23-10-12-24(29)13-11-23/h3-7,10-13,19,22H,8-9,14-18H2,1-2H3,(H,30,33)/t19-/m0/s1. The van der Waals surface area contributed by atoms with Gasteiger partial charge in [0.15, 0.2) is 0 Å². The molecule has 1 aliphatic rings. The maximum absolute atomic E-state index is 13.2. The average molecular weight is 494 g/mol. The van der Waals surface area contributed by atoms with E-state index in [0.29, 0.717) is 30.1 Å². The van der Waals surface area contributed by atoms with Gasteiger partial charge in [-0.1, -0.05) is 30.3 Å². The quantitative estimate of drug-likeness (QED) is 0.442. The number of carbonyl (C=O) groups excluding carboxylic acids is 2. The van der Waals surface area contributed by atoms with Crippen molar-refractivity contribution in [3.05, 3.63) is 76.5 Å². The van der Waals surface area contributed by atoms with Crippen LogP contribution in [0.15, 0.2) is 54.6 Å². The predicted octanol–water partition coefficient (Wildman–Crippen LogP) is 5.64. The second-order valence-electron chi connectivity index (χ2n) is 9.37. The highest BCUT2D eigenvalue weighted by Gasteiger charge is 2.28. The molecule has 2 amide bonds. The molecule has 0 aliphatic carbocycles. The fourth-order valence-electron chi connectivity index (χ4n) is 4.49. The highest BCUT2D eigenvalue weighted by Crippen LogP contribution is 2.30. The number of aromatic nitrogens is 1. The van der Waals surface area contributed by atoms with E-state index in [4.69, 9.17) is 0 Å². The molecule has 35 heavy (non-hydrogen) atoms. The van der Waals surface area contributed by atoms with Crippen LogP contribution >= 0.6 is 11.3 Å². The zero-order valence-corrected chi connectivity index (χ0v) is 21.1. The van der Waals surface area contributed by atoms with Gasteiger partial charge >= 0.3 is 0 Å². The molecule has 184 valence electrons. The van der Waals surface area contributed by atoms with Gasteiger partial charge in [0.1, 0.15) is 15.7 Å². The third-order valence-electron chi connectivity index (χ3n) is 6.57. The Hall–Kier alpha value is -3.06. The van der Waals surface area contributed by atoms with E-state index in [9.17, 15) is 14.0 Å². The molecule has 1 N–H and O–H groups in total. The fraction of sp³-hybridized carbons (Fsp3) is 0.393. The molecule has 1 fully saturated rings. The molecular formula is C28H32FN3O2S. The van der Waals surface area contributed by atoms with Gasteiger partial charge in [-0.3, -0.25) is 9.59 Å². The topological polar surface area (TPSA) is 62.3 Å². The first-order chi connectivity index (χ1) is 16.9. The molecule has 7 heteroatoms. The number of likely N-dealkylation sites (tertiary alicyclic amines) is 1. The van der Waals surface area contributed by atoms with Gasteiger partial charge in [0, 0.05) is 31.1 Å². The number of benzene rings is 2. The molecule has 1 aromatic heterocycles. The lowest BCUT2D eigenvalue weighted by molar-refractivity contribution is -0.122. The van der Waals surface area contributed by atoms with Crippen LogP contribution in [0.1, 0.15) is 53.5 Å². The zero-order valence-electron chi connectivity index (χ0n) is 20.3. The summed E-state index contributed by atoms with van der Waals surface area (Å²) in [6.45, 7) is 5.18. The number of aryl methyl sites for hydroxylation is 2. The Morgan fingerprint density at radius 2 is 1.80 bits per heavy atom. The predicted molar refractivity (Wildman–Crippen MR) is 138 cm³/mol. The molecule has 1 atom stereocenters. The van der Waals surface area contributed by atoms with Crippen molar-refractivity contribution in [1.82, 2.24) is 15.2 Å². The summed E-state index contributed by atoms with van der Waals surface area (Å²) in [5.74, 6) is 0.0811. The van der Waals surface area contributed by atoms with Gasteiger partial charge in [-0.2, -0.15) is 0 Å². The van der Waals surface area contributed by atoms with Crippen LogP contribution in [0.5, 0.6) is 0 Å². The van der Waals surface area contributed by atoms with Crippen LogP contribution in [0.4, 0.5) is 4.39 Å². The summed E-state index contributed by atoms with van der Waals surface area (Å²) in [4.78, 5) is 32.7. The Morgan fingerprint density at radius 1 is 1.11 bits per heavy atom. The molecule has 3 aromatic rings. The first-order valence-electron chi connectivity index (χ1n) is 12.2. The number of piperidine rings is 1. The summed E-state index contributed by atoms with van der Waals surface area (Å²) in [6.07, 6.45) is 4.01. The Balaban J connectivity index is 1.23. The fourth-order valence-corrected chi connectivity index (χ4v) is 5.53. The van der Waals surface area contributed by atoms with Gasteiger partial charge in [-0.25, -0.2) is 9.37 Å². The van der Waals surface area contributed by atoms with Crippen LogP contribution in [-0.2, 0) is 11.2 Å². The molecule has 5 nitrogen and oxygen atoms in total. The Morgan fingerprint density at radius 3 is 2.49 bits per heavy atom. The number of rotatable bonds is 8.